The van der Waals surface area contributed by atoms with Gasteiger partial charge in [0.1, 0.15) is 5.75 Å². The van der Waals surface area contributed by atoms with Crippen LogP contribution in [0.15, 0.2) is 46.9 Å². The SMILES string of the molecule is N#CCc1ccc(NC(=O)COc2ccc(Cl)cc2Br)cc1. The van der Waals surface area contributed by atoms with Crippen LogP contribution in [-0.2, 0) is 11.2 Å². The first-order valence-electron chi connectivity index (χ1n) is 6.42. The molecular weight excluding hydrogens is 368 g/mol. The van der Waals surface area contributed by atoms with Crippen molar-refractivity contribution < 1.29 is 9.53 Å². The fourth-order valence-corrected chi connectivity index (χ4v) is 2.53. The van der Waals surface area contributed by atoms with Gasteiger partial charge < -0.3 is 10.1 Å². The molecule has 0 aliphatic rings. The first-order chi connectivity index (χ1) is 10.6. The van der Waals surface area contributed by atoms with E-state index in [1.54, 1.807) is 42.5 Å². The van der Waals surface area contributed by atoms with Gasteiger partial charge in [0.2, 0.25) is 0 Å². The number of ether oxygens (including phenoxy) is 1. The number of halogens is 2. The number of nitrogens with zero attached hydrogens (tertiary/aromatic N) is 1. The van der Waals surface area contributed by atoms with E-state index in [9.17, 15) is 4.79 Å². The molecule has 0 fully saturated rings. The van der Waals surface area contributed by atoms with Crippen LogP contribution in [-0.4, -0.2) is 12.5 Å². The highest BCUT2D eigenvalue weighted by Gasteiger charge is 2.07. The third-order valence-electron chi connectivity index (χ3n) is 2.77. The average molecular weight is 380 g/mol. The van der Waals surface area contributed by atoms with E-state index in [0.717, 1.165) is 5.56 Å². The minimum absolute atomic E-state index is 0.111. The summed E-state index contributed by atoms with van der Waals surface area (Å²) in [4.78, 5) is 11.8. The molecule has 1 N–H and O–H groups in total. The molecule has 0 unspecified atom stereocenters. The lowest BCUT2D eigenvalue weighted by Gasteiger charge is -2.09. The summed E-state index contributed by atoms with van der Waals surface area (Å²) in [7, 11) is 0. The Bertz CT molecular complexity index is 711. The normalized spacial score (nSPS) is 9.86. The summed E-state index contributed by atoms with van der Waals surface area (Å²) >= 11 is 9.16. The lowest BCUT2D eigenvalue weighted by Crippen LogP contribution is -2.20. The molecular formula is C16H12BrClN2O2. The molecule has 2 aromatic carbocycles. The topological polar surface area (TPSA) is 62.1 Å². The van der Waals surface area contributed by atoms with Gasteiger partial charge in [0.15, 0.2) is 6.61 Å². The Labute approximate surface area is 141 Å². The maximum absolute atomic E-state index is 11.8. The van der Waals surface area contributed by atoms with Crippen LogP contribution in [0.25, 0.3) is 0 Å². The number of carbonyl (C=O) groups excluding carboxylic acids is 1. The molecule has 0 bridgehead atoms. The molecule has 0 aliphatic carbocycles. The minimum Gasteiger partial charge on any atom is -0.483 e. The van der Waals surface area contributed by atoms with Gasteiger partial charge in [-0.1, -0.05) is 23.7 Å². The number of rotatable bonds is 5. The van der Waals surface area contributed by atoms with Crippen LogP contribution in [0.5, 0.6) is 5.75 Å². The number of amides is 1. The number of anilines is 1. The van der Waals surface area contributed by atoms with E-state index in [4.69, 9.17) is 21.6 Å². The van der Waals surface area contributed by atoms with Gasteiger partial charge in [0.05, 0.1) is 17.0 Å². The number of carbonyl (C=O) groups is 1. The fourth-order valence-electron chi connectivity index (χ4n) is 1.73. The van der Waals surface area contributed by atoms with E-state index in [1.165, 1.54) is 0 Å². The molecule has 4 nitrogen and oxygen atoms in total. The van der Waals surface area contributed by atoms with Crippen molar-refractivity contribution in [2.45, 2.75) is 6.42 Å². The van der Waals surface area contributed by atoms with E-state index in [0.29, 0.717) is 27.4 Å². The summed E-state index contributed by atoms with van der Waals surface area (Å²) < 4.78 is 6.12. The molecule has 0 saturated carbocycles. The van der Waals surface area contributed by atoms with Gasteiger partial charge in [-0.25, -0.2) is 0 Å². The molecule has 0 saturated heterocycles. The maximum Gasteiger partial charge on any atom is 0.262 e. The summed E-state index contributed by atoms with van der Waals surface area (Å²) in [5, 5.41) is 11.9. The molecule has 6 heteroatoms. The Hall–Kier alpha value is -2.03. The van der Waals surface area contributed by atoms with E-state index in [2.05, 4.69) is 27.3 Å². The number of nitriles is 1. The third kappa shape index (κ3) is 4.76. The number of hydrogen-bond acceptors (Lipinski definition) is 3. The first kappa shape index (κ1) is 16.3. The highest BCUT2D eigenvalue weighted by atomic mass is 79.9. The van der Waals surface area contributed by atoms with Crippen molar-refractivity contribution in [2.75, 3.05) is 11.9 Å². The van der Waals surface area contributed by atoms with E-state index in [-0.39, 0.29) is 12.5 Å². The average Bonchev–Trinajstić information content (AvgIpc) is 2.49. The second-order valence-electron chi connectivity index (χ2n) is 4.44. The molecule has 0 atom stereocenters. The number of benzene rings is 2. The Kier molecular flexibility index (Phi) is 5.82. The lowest BCUT2D eigenvalue weighted by atomic mass is 10.1. The second-order valence-corrected chi connectivity index (χ2v) is 5.73. The molecule has 2 rings (SSSR count). The summed E-state index contributed by atoms with van der Waals surface area (Å²) in [5.41, 5.74) is 1.56. The van der Waals surface area contributed by atoms with Crippen LogP contribution in [0.4, 0.5) is 5.69 Å². The van der Waals surface area contributed by atoms with Crippen LogP contribution >= 0.6 is 27.5 Å². The quantitative estimate of drug-likeness (QED) is 0.847. The summed E-state index contributed by atoms with van der Waals surface area (Å²) in [6.45, 7) is -0.111. The predicted molar refractivity (Wildman–Crippen MR) is 89.0 cm³/mol. The van der Waals surface area contributed by atoms with Gasteiger partial charge in [-0.15, -0.1) is 0 Å². The lowest BCUT2D eigenvalue weighted by molar-refractivity contribution is -0.118. The van der Waals surface area contributed by atoms with Crippen LogP contribution in [0.2, 0.25) is 5.02 Å². The standard InChI is InChI=1S/C16H12BrClN2O2/c17-14-9-12(18)3-6-15(14)22-10-16(21)20-13-4-1-11(2-5-13)7-8-19/h1-6,9H,7,10H2,(H,20,21). The highest BCUT2D eigenvalue weighted by Crippen LogP contribution is 2.27. The Morgan fingerprint density at radius 1 is 1.27 bits per heavy atom. The van der Waals surface area contributed by atoms with Gasteiger partial charge in [0, 0.05) is 10.7 Å². The molecule has 2 aromatic rings. The zero-order valence-electron chi connectivity index (χ0n) is 11.5. The summed E-state index contributed by atoms with van der Waals surface area (Å²) in [6.07, 6.45) is 0.349. The minimum atomic E-state index is -0.269. The maximum atomic E-state index is 11.8. The fraction of sp³-hybridized carbons (Fsp3) is 0.125. The Morgan fingerprint density at radius 2 is 2.00 bits per heavy atom. The van der Waals surface area contributed by atoms with Crippen molar-refractivity contribution in [1.29, 1.82) is 5.26 Å². The molecule has 0 heterocycles. The first-order valence-corrected chi connectivity index (χ1v) is 7.59. The van der Waals surface area contributed by atoms with E-state index in [1.807, 2.05) is 0 Å². The van der Waals surface area contributed by atoms with Crippen molar-refractivity contribution >= 4 is 39.1 Å². The molecule has 0 aliphatic heterocycles. The third-order valence-corrected chi connectivity index (χ3v) is 3.63. The molecule has 0 radical (unpaired) electrons. The summed E-state index contributed by atoms with van der Waals surface area (Å²) in [6, 6.07) is 14.3. The van der Waals surface area contributed by atoms with Gasteiger partial charge >= 0.3 is 0 Å². The zero-order valence-corrected chi connectivity index (χ0v) is 13.8. The van der Waals surface area contributed by atoms with Crippen LogP contribution in [0.3, 0.4) is 0 Å². The number of hydrogen-bond donors (Lipinski definition) is 1. The van der Waals surface area contributed by atoms with Crippen molar-refractivity contribution in [3.8, 4) is 11.8 Å². The molecule has 1 amide bonds. The zero-order chi connectivity index (χ0) is 15.9. The summed E-state index contributed by atoms with van der Waals surface area (Å²) in [5.74, 6) is 0.277. The largest absolute Gasteiger partial charge is 0.483 e. The van der Waals surface area contributed by atoms with Crippen LogP contribution in [0.1, 0.15) is 5.56 Å². The van der Waals surface area contributed by atoms with E-state index >= 15 is 0 Å². The molecule has 112 valence electrons. The van der Waals surface area contributed by atoms with Crippen molar-refractivity contribution in [1.82, 2.24) is 0 Å². The van der Waals surface area contributed by atoms with Gasteiger partial charge in [-0.3, -0.25) is 4.79 Å². The van der Waals surface area contributed by atoms with Gasteiger partial charge in [0.25, 0.3) is 5.91 Å². The molecule has 0 spiro atoms. The van der Waals surface area contributed by atoms with E-state index < -0.39 is 0 Å². The molecule has 22 heavy (non-hydrogen) atoms. The van der Waals surface area contributed by atoms with Crippen molar-refractivity contribution in [3.05, 3.63) is 57.5 Å². The monoisotopic (exact) mass is 378 g/mol. The van der Waals surface area contributed by atoms with Crippen molar-refractivity contribution in [3.63, 3.8) is 0 Å². The molecule has 0 aromatic heterocycles. The Morgan fingerprint density at radius 3 is 2.64 bits per heavy atom. The Balaban J connectivity index is 1.89. The van der Waals surface area contributed by atoms with Gasteiger partial charge in [-0.2, -0.15) is 5.26 Å². The second kappa shape index (κ2) is 7.83. The number of nitrogens with one attached hydrogen (secondary N) is 1. The van der Waals surface area contributed by atoms with Crippen LogP contribution in [0, 0.1) is 11.3 Å². The predicted octanol–water partition coefficient (Wildman–Crippen LogP) is 4.19. The van der Waals surface area contributed by atoms with Gasteiger partial charge in [-0.05, 0) is 51.8 Å². The smallest absolute Gasteiger partial charge is 0.262 e. The van der Waals surface area contributed by atoms with Crippen LogP contribution < -0.4 is 10.1 Å². The highest BCUT2D eigenvalue weighted by molar-refractivity contribution is 9.10. The van der Waals surface area contributed by atoms with Crippen molar-refractivity contribution in [2.24, 2.45) is 0 Å².